The molecule has 0 saturated carbocycles. The molecule has 0 aliphatic heterocycles. The van der Waals surface area contributed by atoms with E-state index in [2.05, 4.69) is 125 Å². The van der Waals surface area contributed by atoms with E-state index in [1.54, 1.807) is 0 Å². The number of hydrogen-bond donors (Lipinski definition) is 0. The molecule has 0 aromatic heterocycles. The Bertz CT molecular complexity index is 1360. The van der Waals surface area contributed by atoms with Gasteiger partial charge in [0.15, 0.2) is 0 Å². The van der Waals surface area contributed by atoms with E-state index in [0.717, 1.165) is 19.3 Å². The number of benzene rings is 3. The van der Waals surface area contributed by atoms with Crippen molar-refractivity contribution in [3.63, 3.8) is 0 Å². The molecular weight excluding hydrogens is 408 g/mol. The third-order valence-electron chi connectivity index (χ3n) is 7.46. The maximum atomic E-state index is 2.48. The van der Waals surface area contributed by atoms with E-state index in [1.807, 2.05) is 0 Å². The van der Waals surface area contributed by atoms with E-state index in [4.69, 9.17) is 0 Å². The Labute approximate surface area is 205 Å². The summed E-state index contributed by atoms with van der Waals surface area (Å²) in [5.74, 6) is 0. The Balaban J connectivity index is 1.90. The zero-order valence-corrected chi connectivity index (χ0v) is 20.9. The van der Waals surface area contributed by atoms with Crippen LogP contribution in [0.5, 0.6) is 0 Å². The van der Waals surface area contributed by atoms with Gasteiger partial charge >= 0.3 is 0 Å². The molecule has 3 aromatic carbocycles. The summed E-state index contributed by atoms with van der Waals surface area (Å²) < 4.78 is 0. The second-order valence-electron chi connectivity index (χ2n) is 9.53. The predicted molar refractivity (Wildman–Crippen MR) is 147 cm³/mol. The maximum Gasteiger partial charge on any atom is 0.0707 e. The quantitative estimate of drug-likeness (QED) is 0.345. The summed E-state index contributed by atoms with van der Waals surface area (Å²) in [5, 5.41) is 0. The SMILES string of the molecule is C/C=C\C(=C/CC)C1(C2=CCCC=C2)c2ccccc2-c2cc(-c3ccccc3C)c(C)cc21. The smallest absolute Gasteiger partial charge is 0.0707 e. The minimum atomic E-state index is -0.277. The molecule has 0 saturated heterocycles. The highest BCUT2D eigenvalue weighted by Crippen LogP contribution is 2.58. The fourth-order valence-electron chi connectivity index (χ4n) is 6.02. The third-order valence-corrected chi connectivity index (χ3v) is 7.46. The van der Waals surface area contributed by atoms with Gasteiger partial charge in [-0.15, -0.1) is 0 Å². The zero-order chi connectivity index (χ0) is 23.7. The number of aryl methyl sites for hydroxylation is 2. The Morgan fingerprint density at radius 1 is 0.824 bits per heavy atom. The average Bonchev–Trinajstić information content (AvgIpc) is 3.14. The first-order chi connectivity index (χ1) is 16.6. The van der Waals surface area contributed by atoms with E-state index in [-0.39, 0.29) is 5.41 Å². The van der Waals surface area contributed by atoms with Crippen LogP contribution in [0.4, 0.5) is 0 Å². The van der Waals surface area contributed by atoms with Gasteiger partial charge in [-0.25, -0.2) is 0 Å². The van der Waals surface area contributed by atoms with Crippen LogP contribution in [0.2, 0.25) is 0 Å². The van der Waals surface area contributed by atoms with Crippen LogP contribution in [0.3, 0.4) is 0 Å². The lowest BCUT2D eigenvalue weighted by molar-refractivity contribution is 0.744. The molecule has 0 amide bonds. The molecule has 0 spiro atoms. The van der Waals surface area contributed by atoms with Gasteiger partial charge in [0.2, 0.25) is 0 Å². The summed E-state index contributed by atoms with van der Waals surface area (Å²) in [4.78, 5) is 0. The van der Waals surface area contributed by atoms with Gasteiger partial charge in [-0.1, -0.05) is 98.0 Å². The Morgan fingerprint density at radius 3 is 2.29 bits per heavy atom. The van der Waals surface area contributed by atoms with Crippen LogP contribution in [-0.4, -0.2) is 0 Å². The molecule has 1 atom stereocenters. The number of hydrogen-bond acceptors (Lipinski definition) is 0. The van der Waals surface area contributed by atoms with E-state index < -0.39 is 0 Å². The minimum Gasteiger partial charge on any atom is -0.0873 e. The highest BCUT2D eigenvalue weighted by atomic mass is 14.5. The second-order valence-corrected chi connectivity index (χ2v) is 9.53. The number of allylic oxidation sites excluding steroid dienone is 8. The topological polar surface area (TPSA) is 0 Å². The van der Waals surface area contributed by atoms with Crippen LogP contribution in [0.15, 0.2) is 108 Å². The molecule has 34 heavy (non-hydrogen) atoms. The standard InChI is InChI=1S/C34H34/c1-5-14-26(15-6-2)34(27-17-8-7-9-18-27)32-21-13-12-20-29(32)31-23-30(25(4)22-33(31)34)28-19-11-10-16-24(28)3/h5,8,10-23H,6-7,9H2,1-4H3/b14-5-,26-15+. The molecule has 5 rings (SSSR count). The van der Waals surface area contributed by atoms with Gasteiger partial charge in [0.25, 0.3) is 0 Å². The normalized spacial score (nSPS) is 19.3. The van der Waals surface area contributed by atoms with Crippen molar-refractivity contribution in [3.8, 4) is 22.3 Å². The molecule has 170 valence electrons. The first-order valence-electron chi connectivity index (χ1n) is 12.6. The fourth-order valence-corrected chi connectivity index (χ4v) is 6.02. The third kappa shape index (κ3) is 3.36. The summed E-state index contributed by atoms with van der Waals surface area (Å²) >= 11 is 0. The summed E-state index contributed by atoms with van der Waals surface area (Å²) in [6.07, 6.45) is 17.4. The molecule has 3 aromatic rings. The van der Waals surface area contributed by atoms with Crippen LogP contribution in [0.25, 0.3) is 22.3 Å². The van der Waals surface area contributed by atoms with E-state index in [1.165, 1.54) is 55.7 Å². The summed E-state index contributed by atoms with van der Waals surface area (Å²) in [6.45, 7) is 8.87. The predicted octanol–water partition coefficient (Wildman–Crippen LogP) is 9.43. The van der Waals surface area contributed by atoms with Crippen molar-refractivity contribution in [2.45, 2.75) is 52.4 Å². The maximum absolute atomic E-state index is 2.48. The van der Waals surface area contributed by atoms with E-state index in [9.17, 15) is 0 Å². The molecule has 0 bridgehead atoms. The minimum absolute atomic E-state index is 0.277. The van der Waals surface area contributed by atoms with Gasteiger partial charge in [-0.05, 0) is 102 Å². The average molecular weight is 443 g/mol. The molecule has 2 aliphatic carbocycles. The largest absolute Gasteiger partial charge is 0.0873 e. The molecule has 0 heterocycles. The van der Waals surface area contributed by atoms with Crippen LogP contribution < -0.4 is 0 Å². The van der Waals surface area contributed by atoms with Gasteiger partial charge in [-0.2, -0.15) is 0 Å². The van der Waals surface area contributed by atoms with Crippen molar-refractivity contribution in [1.29, 1.82) is 0 Å². The summed E-state index contributed by atoms with van der Waals surface area (Å²) in [6, 6.07) is 22.8. The molecule has 1 unspecified atom stereocenters. The Hall–Kier alpha value is -3.38. The lowest BCUT2D eigenvalue weighted by Gasteiger charge is -2.37. The van der Waals surface area contributed by atoms with Crippen LogP contribution in [-0.2, 0) is 5.41 Å². The lowest BCUT2D eigenvalue weighted by atomic mass is 9.65. The Morgan fingerprint density at radius 2 is 1.59 bits per heavy atom. The van der Waals surface area contributed by atoms with E-state index in [0.29, 0.717) is 0 Å². The zero-order valence-electron chi connectivity index (χ0n) is 20.9. The van der Waals surface area contributed by atoms with Crippen LogP contribution in [0.1, 0.15) is 55.4 Å². The van der Waals surface area contributed by atoms with Crippen molar-refractivity contribution >= 4 is 0 Å². The molecule has 2 aliphatic rings. The first kappa shape index (κ1) is 22.4. The molecule has 0 radical (unpaired) electrons. The second kappa shape index (κ2) is 9.11. The first-order valence-corrected chi connectivity index (χ1v) is 12.6. The number of rotatable bonds is 5. The van der Waals surface area contributed by atoms with Crippen LogP contribution >= 0.6 is 0 Å². The van der Waals surface area contributed by atoms with Gasteiger partial charge in [0, 0.05) is 0 Å². The highest BCUT2D eigenvalue weighted by molar-refractivity contribution is 5.90. The van der Waals surface area contributed by atoms with Crippen molar-refractivity contribution in [2.24, 2.45) is 0 Å². The van der Waals surface area contributed by atoms with E-state index >= 15 is 0 Å². The van der Waals surface area contributed by atoms with Crippen LogP contribution in [0, 0.1) is 13.8 Å². The molecule has 0 fully saturated rings. The monoisotopic (exact) mass is 442 g/mol. The summed E-state index contributed by atoms with van der Waals surface area (Å²) in [5.41, 5.74) is 13.4. The molecule has 0 heteroatoms. The van der Waals surface area contributed by atoms with Gasteiger partial charge in [0.05, 0.1) is 5.41 Å². The van der Waals surface area contributed by atoms with Crippen molar-refractivity contribution in [1.82, 2.24) is 0 Å². The van der Waals surface area contributed by atoms with Gasteiger partial charge < -0.3 is 0 Å². The van der Waals surface area contributed by atoms with Gasteiger partial charge in [-0.3, -0.25) is 0 Å². The van der Waals surface area contributed by atoms with Crippen molar-refractivity contribution in [2.75, 3.05) is 0 Å². The van der Waals surface area contributed by atoms with Crippen molar-refractivity contribution < 1.29 is 0 Å². The Kier molecular flexibility index (Phi) is 6.00. The number of fused-ring (bicyclic) bond motifs is 3. The summed E-state index contributed by atoms with van der Waals surface area (Å²) in [7, 11) is 0. The van der Waals surface area contributed by atoms with Gasteiger partial charge in [0.1, 0.15) is 0 Å². The molecular formula is C34H34. The molecule has 0 nitrogen and oxygen atoms in total. The highest BCUT2D eigenvalue weighted by Gasteiger charge is 2.47. The van der Waals surface area contributed by atoms with Crippen molar-refractivity contribution in [3.05, 3.63) is 131 Å². The lowest BCUT2D eigenvalue weighted by Crippen LogP contribution is -2.30. The fraction of sp³-hybridized carbons (Fsp3) is 0.235. The molecule has 0 N–H and O–H groups in total.